The van der Waals surface area contributed by atoms with Gasteiger partial charge in [-0.05, 0) is 31.2 Å². The molecule has 0 aliphatic rings. The minimum atomic E-state index is 0.162. The lowest BCUT2D eigenvalue weighted by atomic mass is 10.0. The number of benzene rings is 1. The van der Waals surface area contributed by atoms with Crippen molar-refractivity contribution < 1.29 is 4.42 Å². The minimum absolute atomic E-state index is 0.162. The Morgan fingerprint density at radius 1 is 1.18 bits per heavy atom. The molecule has 1 heterocycles. The van der Waals surface area contributed by atoms with Crippen molar-refractivity contribution >= 4 is 34.2 Å². The van der Waals surface area contributed by atoms with Gasteiger partial charge in [0.1, 0.15) is 5.76 Å². The Bertz CT molecular complexity index is 494. The summed E-state index contributed by atoms with van der Waals surface area (Å²) in [6.45, 7) is 4.27. The maximum absolute atomic E-state index is 6.13. The first-order valence-corrected chi connectivity index (χ1v) is 6.35. The SMILES string of the molecule is CNC(c1cc2c(Cl)ccc(Cl)c2o1)C(C)C. The highest BCUT2D eigenvalue weighted by atomic mass is 35.5. The average Bonchev–Trinajstić information content (AvgIpc) is 2.70. The molecule has 1 aromatic carbocycles. The number of furan rings is 1. The second kappa shape index (κ2) is 4.89. The highest BCUT2D eigenvalue weighted by Crippen LogP contribution is 2.35. The van der Waals surface area contributed by atoms with Crippen LogP contribution in [0.5, 0.6) is 0 Å². The average molecular weight is 272 g/mol. The summed E-state index contributed by atoms with van der Waals surface area (Å²) < 4.78 is 5.82. The lowest BCUT2D eigenvalue weighted by molar-refractivity contribution is 0.371. The molecule has 4 heteroatoms. The van der Waals surface area contributed by atoms with Crippen LogP contribution in [0.25, 0.3) is 11.0 Å². The summed E-state index contributed by atoms with van der Waals surface area (Å²) in [5.41, 5.74) is 0.662. The van der Waals surface area contributed by atoms with E-state index in [1.165, 1.54) is 0 Å². The van der Waals surface area contributed by atoms with Gasteiger partial charge in [-0.25, -0.2) is 0 Å². The van der Waals surface area contributed by atoms with E-state index in [9.17, 15) is 0 Å². The molecule has 0 fully saturated rings. The number of hydrogen-bond donors (Lipinski definition) is 1. The van der Waals surface area contributed by atoms with E-state index in [4.69, 9.17) is 27.6 Å². The standard InChI is InChI=1S/C13H15Cl2NO/c1-7(2)12(16-3)11-6-8-9(14)4-5-10(15)13(8)17-11/h4-7,12,16H,1-3H3. The smallest absolute Gasteiger partial charge is 0.154 e. The third-order valence-electron chi connectivity index (χ3n) is 2.89. The number of rotatable bonds is 3. The van der Waals surface area contributed by atoms with Gasteiger partial charge in [0.2, 0.25) is 0 Å². The topological polar surface area (TPSA) is 25.2 Å². The second-order valence-corrected chi connectivity index (χ2v) is 5.25. The lowest BCUT2D eigenvalue weighted by Gasteiger charge is -2.17. The minimum Gasteiger partial charge on any atom is -0.458 e. The fourth-order valence-electron chi connectivity index (χ4n) is 2.03. The van der Waals surface area contributed by atoms with Gasteiger partial charge in [0, 0.05) is 5.39 Å². The summed E-state index contributed by atoms with van der Waals surface area (Å²) in [6, 6.07) is 5.66. The monoisotopic (exact) mass is 271 g/mol. The molecular formula is C13H15Cl2NO. The molecule has 0 spiro atoms. The van der Waals surface area contributed by atoms with Crippen LogP contribution in [0.15, 0.2) is 22.6 Å². The molecule has 0 aliphatic carbocycles. The van der Waals surface area contributed by atoms with Crippen molar-refractivity contribution in [1.82, 2.24) is 5.32 Å². The van der Waals surface area contributed by atoms with Crippen LogP contribution >= 0.6 is 23.2 Å². The van der Waals surface area contributed by atoms with Gasteiger partial charge in [0.05, 0.1) is 16.1 Å². The van der Waals surface area contributed by atoms with Gasteiger partial charge < -0.3 is 9.73 Å². The van der Waals surface area contributed by atoms with E-state index in [1.54, 1.807) is 12.1 Å². The molecule has 0 amide bonds. The number of hydrogen-bond acceptors (Lipinski definition) is 2. The Morgan fingerprint density at radius 3 is 2.35 bits per heavy atom. The molecule has 0 bridgehead atoms. The number of halogens is 2. The maximum Gasteiger partial charge on any atom is 0.154 e. The Morgan fingerprint density at radius 2 is 1.82 bits per heavy atom. The molecule has 1 atom stereocenters. The zero-order valence-corrected chi connectivity index (χ0v) is 11.6. The Kier molecular flexibility index (Phi) is 3.67. The van der Waals surface area contributed by atoms with E-state index in [0.717, 1.165) is 11.1 Å². The fraction of sp³-hybridized carbons (Fsp3) is 0.385. The van der Waals surface area contributed by atoms with E-state index in [2.05, 4.69) is 19.2 Å². The first kappa shape index (κ1) is 12.7. The first-order valence-electron chi connectivity index (χ1n) is 5.59. The summed E-state index contributed by atoms with van der Waals surface area (Å²) >= 11 is 12.2. The van der Waals surface area contributed by atoms with Crippen LogP contribution in [0.3, 0.4) is 0 Å². The molecule has 0 aliphatic heterocycles. The largest absolute Gasteiger partial charge is 0.458 e. The third-order valence-corrected chi connectivity index (χ3v) is 3.51. The predicted octanol–water partition coefficient (Wildman–Crippen LogP) is 4.66. The summed E-state index contributed by atoms with van der Waals surface area (Å²) in [5.74, 6) is 1.30. The molecule has 2 aromatic rings. The molecule has 92 valence electrons. The quantitative estimate of drug-likeness (QED) is 0.879. The molecule has 1 aromatic heterocycles. The van der Waals surface area contributed by atoms with Gasteiger partial charge >= 0.3 is 0 Å². The highest BCUT2D eigenvalue weighted by molar-refractivity contribution is 6.39. The van der Waals surface area contributed by atoms with Gasteiger partial charge in [-0.15, -0.1) is 0 Å². The van der Waals surface area contributed by atoms with Crippen LogP contribution in [-0.4, -0.2) is 7.05 Å². The second-order valence-electron chi connectivity index (χ2n) is 4.43. The van der Waals surface area contributed by atoms with Gasteiger partial charge in [-0.2, -0.15) is 0 Å². The van der Waals surface area contributed by atoms with Gasteiger partial charge in [-0.1, -0.05) is 37.0 Å². The maximum atomic E-state index is 6.13. The molecule has 2 rings (SSSR count). The molecule has 0 radical (unpaired) electrons. The van der Waals surface area contributed by atoms with Gasteiger partial charge in [0.25, 0.3) is 0 Å². The van der Waals surface area contributed by atoms with Crippen molar-refractivity contribution in [2.45, 2.75) is 19.9 Å². The fourth-order valence-corrected chi connectivity index (χ4v) is 2.44. The van der Waals surface area contributed by atoms with E-state index in [-0.39, 0.29) is 6.04 Å². The zero-order valence-electron chi connectivity index (χ0n) is 10.1. The van der Waals surface area contributed by atoms with Crippen LogP contribution in [0.1, 0.15) is 25.6 Å². The van der Waals surface area contributed by atoms with Crippen LogP contribution < -0.4 is 5.32 Å². The van der Waals surface area contributed by atoms with Gasteiger partial charge in [-0.3, -0.25) is 0 Å². The summed E-state index contributed by atoms with van der Waals surface area (Å²) in [6.07, 6.45) is 0. The Labute approximate surface area is 111 Å². The molecular weight excluding hydrogens is 257 g/mol. The molecule has 0 saturated heterocycles. The predicted molar refractivity (Wildman–Crippen MR) is 72.9 cm³/mol. The highest BCUT2D eigenvalue weighted by Gasteiger charge is 2.19. The summed E-state index contributed by atoms with van der Waals surface area (Å²) in [4.78, 5) is 0. The van der Waals surface area contributed by atoms with E-state index in [1.807, 2.05) is 13.1 Å². The van der Waals surface area contributed by atoms with Crippen molar-refractivity contribution in [2.75, 3.05) is 7.05 Å². The van der Waals surface area contributed by atoms with Crippen LogP contribution in [0, 0.1) is 5.92 Å². The Hall–Kier alpha value is -0.700. The van der Waals surface area contributed by atoms with Crippen molar-refractivity contribution in [3.8, 4) is 0 Å². The van der Waals surface area contributed by atoms with Crippen LogP contribution in [0.4, 0.5) is 0 Å². The lowest BCUT2D eigenvalue weighted by Crippen LogP contribution is -2.20. The first-order chi connectivity index (χ1) is 8.04. The summed E-state index contributed by atoms with van der Waals surface area (Å²) in [5, 5.41) is 5.36. The number of nitrogens with one attached hydrogen (secondary N) is 1. The zero-order chi connectivity index (χ0) is 12.6. The molecule has 1 unspecified atom stereocenters. The molecule has 0 saturated carbocycles. The van der Waals surface area contributed by atoms with Crippen molar-refractivity contribution in [2.24, 2.45) is 5.92 Å². The number of fused-ring (bicyclic) bond motifs is 1. The molecule has 17 heavy (non-hydrogen) atoms. The third kappa shape index (κ3) is 2.30. The molecule has 2 nitrogen and oxygen atoms in total. The van der Waals surface area contributed by atoms with E-state index in [0.29, 0.717) is 21.5 Å². The van der Waals surface area contributed by atoms with E-state index < -0.39 is 0 Å². The normalized spacial score (nSPS) is 13.5. The van der Waals surface area contributed by atoms with Crippen molar-refractivity contribution in [1.29, 1.82) is 0 Å². The van der Waals surface area contributed by atoms with Crippen molar-refractivity contribution in [3.05, 3.63) is 34.0 Å². The summed E-state index contributed by atoms with van der Waals surface area (Å²) in [7, 11) is 1.92. The van der Waals surface area contributed by atoms with Crippen molar-refractivity contribution in [3.63, 3.8) is 0 Å². The van der Waals surface area contributed by atoms with Crippen LogP contribution in [-0.2, 0) is 0 Å². The Balaban J connectivity index is 2.58. The molecule has 1 N–H and O–H groups in total. The van der Waals surface area contributed by atoms with Gasteiger partial charge in [0.15, 0.2) is 5.58 Å². The van der Waals surface area contributed by atoms with Crippen LogP contribution in [0.2, 0.25) is 10.0 Å². The van der Waals surface area contributed by atoms with E-state index >= 15 is 0 Å².